The van der Waals surface area contributed by atoms with E-state index >= 15 is 0 Å². The third-order valence-electron chi connectivity index (χ3n) is 6.69. The fraction of sp³-hybridized carbons (Fsp3) is 0.652. The molecule has 0 aromatic heterocycles. The molecular weight excluding hydrogens is 380 g/mol. The van der Waals surface area contributed by atoms with Crippen molar-refractivity contribution in [2.45, 2.75) is 51.2 Å². The van der Waals surface area contributed by atoms with Crippen LogP contribution in [0.5, 0.6) is 5.75 Å². The van der Waals surface area contributed by atoms with Gasteiger partial charge < -0.3 is 19.9 Å². The topological polar surface area (TPSA) is 65.1 Å². The standard InChI is InChI=1S/C23H34N4O3/c1-18(28)26-15-13-25(14-16-26)17-23(29)24-19-5-7-21(8-6-19)30-22-9-11-27(12-10-22)20-3-2-4-20/h5-8,20,22H,2-4,9-17H2,1H3,(H,24,29). The lowest BCUT2D eigenvalue weighted by Gasteiger charge is -2.41. The molecule has 1 N–H and O–H groups in total. The second-order valence-electron chi connectivity index (χ2n) is 8.79. The molecule has 2 amide bonds. The number of anilines is 1. The molecule has 1 aromatic rings. The molecule has 30 heavy (non-hydrogen) atoms. The molecule has 1 aromatic carbocycles. The van der Waals surface area contributed by atoms with Crippen LogP contribution in [0.15, 0.2) is 24.3 Å². The number of ether oxygens (including phenoxy) is 1. The van der Waals surface area contributed by atoms with E-state index in [2.05, 4.69) is 15.1 Å². The van der Waals surface area contributed by atoms with Gasteiger partial charge in [0.25, 0.3) is 0 Å². The Balaban J connectivity index is 1.17. The second kappa shape index (κ2) is 9.79. The van der Waals surface area contributed by atoms with E-state index in [0.29, 0.717) is 19.6 Å². The molecule has 3 aliphatic rings. The lowest BCUT2D eigenvalue weighted by molar-refractivity contribution is -0.130. The average molecular weight is 415 g/mol. The predicted octanol–water partition coefficient (Wildman–Crippen LogP) is 2.18. The predicted molar refractivity (Wildman–Crippen MR) is 117 cm³/mol. The first-order chi connectivity index (χ1) is 14.6. The number of hydrogen-bond donors (Lipinski definition) is 1. The minimum absolute atomic E-state index is 0.0247. The normalized spacial score (nSPS) is 21.8. The molecule has 0 radical (unpaired) electrons. The summed E-state index contributed by atoms with van der Waals surface area (Å²) in [6.07, 6.45) is 6.59. The van der Waals surface area contributed by atoms with E-state index in [9.17, 15) is 9.59 Å². The average Bonchev–Trinajstić information content (AvgIpc) is 2.70. The molecule has 1 aliphatic carbocycles. The van der Waals surface area contributed by atoms with Crippen molar-refractivity contribution >= 4 is 17.5 Å². The van der Waals surface area contributed by atoms with Crippen LogP contribution in [0.1, 0.15) is 39.0 Å². The Bertz CT molecular complexity index is 718. The minimum Gasteiger partial charge on any atom is -0.490 e. The van der Waals surface area contributed by atoms with Crippen LogP contribution in [-0.4, -0.2) is 84.5 Å². The van der Waals surface area contributed by atoms with Crippen LogP contribution in [-0.2, 0) is 9.59 Å². The number of carbonyl (C=O) groups is 2. The van der Waals surface area contributed by atoms with Crippen molar-refractivity contribution in [2.75, 3.05) is 51.1 Å². The number of likely N-dealkylation sites (tertiary alicyclic amines) is 1. The van der Waals surface area contributed by atoms with E-state index in [-0.39, 0.29) is 17.9 Å². The van der Waals surface area contributed by atoms with Crippen LogP contribution in [0.3, 0.4) is 0 Å². The fourth-order valence-corrected chi connectivity index (χ4v) is 4.54. The molecule has 164 valence electrons. The van der Waals surface area contributed by atoms with Crippen molar-refractivity contribution < 1.29 is 14.3 Å². The summed E-state index contributed by atoms with van der Waals surface area (Å²) in [6, 6.07) is 8.53. The molecule has 0 unspecified atom stereocenters. The van der Waals surface area contributed by atoms with E-state index in [1.165, 1.54) is 19.3 Å². The second-order valence-corrected chi connectivity index (χ2v) is 8.79. The van der Waals surface area contributed by atoms with Gasteiger partial charge >= 0.3 is 0 Å². The van der Waals surface area contributed by atoms with E-state index in [1.54, 1.807) is 6.92 Å². The number of nitrogens with one attached hydrogen (secondary N) is 1. The largest absolute Gasteiger partial charge is 0.490 e. The smallest absolute Gasteiger partial charge is 0.238 e. The zero-order valence-electron chi connectivity index (χ0n) is 18.0. The van der Waals surface area contributed by atoms with Crippen LogP contribution >= 0.6 is 0 Å². The maximum absolute atomic E-state index is 12.3. The molecule has 0 bridgehead atoms. The van der Waals surface area contributed by atoms with Gasteiger partial charge in [-0.05, 0) is 49.9 Å². The monoisotopic (exact) mass is 414 g/mol. The number of rotatable bonds is 6. The highest BCUT2D eigenvalue weighted by Gasteiger charge is 2.29. The molecule has 3 fully saturated rings. The van der Waals surface area contributed by atoms with Gasteiger partial charge in [-0.3, -0.25) is 14.5 Å². The minimum atomic E-state index is -0.0247. The Morgan fingerprint density at radius 2 is 1.63 bits per heavy atom. The van der Waals surface area contributed by atoms with Gasteiger partial charge in [0.15, 0.2) is 0 Å². The molecule has 4 rings (SSSR count). The van der Waals surface area contributed by atoms with Gasteiger partial charge in [0, 0.05) is 57.9 Å². The fourth-order valence-electron chi connectivity index (χ4n) is 4.54. The quantitative estimate of drug-likeness (QED) is 0.773. The van der Waals surface area contributed by atoms with Crippen LogP contribution in [0.4, 0.5) is 5.69 Å². The molecule has 2 aliphatic heterocycles. The van der Waals surface area contributed by atoms with Gasteiger partial charge in [0.1, 0.15) is 11.9 Å². The van der Waals surface area contributed by atoms with Crippen molar-refractivity contribution in [1.29, 1.82) is 0 Å². The van der Waals surface area contributed by atoms with Gasteiger partial charge in [-0.1, -0.05) is 6.42 Å². The van der Waals surface area contributed by atoms with Crippen LogP contribution in [0, 0.1) is 0 Å². The van der Waals surface area contributed by atoms with Crippen LogP contribution in [0.2, 0.25) is 0 Å². The zero-order valence-corrected chi connectivity index (χ0v) is 18.0. The van der Waals surface area contributed by atoms with Crippen LogP contribution in [0.25, 0.3) is 0 Å². The number of piperazine rings is 1. The third kappa shape index (κ3) is 5.52. The lowest BCUT2D eigenvalue weighted by Crippen LogP contribution is -2.49. The number of benzene rings is 1. The van der Waals surface area contributed by atoms with Crippen LogP contribution < -0.4 is 10.1 Å². The number of amides is 2. The summed E-state index contributed by atoms with van der Waals surface area (Å²) in [7, 11) is 0. The van der Waals surface area contributed by atoms with Crippen molar-refractivity contribution in [2.24, 2.45) is 0 Å². The van der Waals surface area contributed by atoms with Gasteiger partial charge in [-0.25, -0.2) is 0 Å². The molecule has 0 atom stereocenters. The summed E-state index contributed by atoms with van der Waals surface area (Å²) in [5.74, 6) is 0.948. The maximum Gasteiger partial charge on any atom is 0.238 e. The summed E-state index contributed by atoms with van der Waals surface area (Å²) in [4.78, 5) is 30.3. The molecule has 0 spiro atoms. The van der Waals surface area contributed by atoms with E-state index in [1.807, 2.05) is 29.2 Å². The summed E-state index contributed by atoms with van der Waals surface area (Å²) in [6.45, 7) is 7.08. The van der Waals surface area contributed by atoms with Gasteiger partial charge in [0.05, 0.1) is 6.54 Å². The van der Waals surface area contributed by atoms with E-state index in [4.69, 9.17) is 4.74 Å². The molecule has 7 heteroatoms. The Labute approximate surface area is 179 Å². The highest BCUT2D eigenvalue weighted by atomic mass is 16.5. The SMILES string of the molecule is CC(=O)N1CCN(CC(=O)Nc2ccc(OC3CCN(C4CCC4)CC3)cc2)CC1. The van der Waals surface area contributed by atoms with Crippen molar-refractivity contribution in [1.82, 2.24) is 14.7 Å². The molecule has 7 nitrogen and oxygen atoms in total. The Morgan fingerprint density at radius 3 is 2.20 bits per heavy atom. The third-order valence-corrected chi connectivity index (χ3v) is 6.69. The van der Waals surface area contributed by atoms with Crippen molar-refractivity contribution in [3.8, 4) is 5.75 Å². The maximum atomic E-state index is 12.3. The zero-order chi connectivity index (χ0) is 20.9. The highest BCUT2D eigenvalue weighted by Crippen LogP contribution is 2.28. The first-order valence-corrected chi connectivity index (χ1v) is 11.4. The lowest BCUT2D eigenvalue weighted by atomic mass is 9.90. The summed E-state index contributed by atoms with van der Waals surface area (Å²) < 4.78 is 6.17. The number of piperidine rings is 1. The molecular formula is C23H34N4O3. The van der Waals surface area contributed by atoms with E-state index < -0.39 is 0 Å². The number of nitrogens with zero attached hydrogens (tertiary/aromatic N) is 3. The summed E-state index contributed by atoms with van der Waals surface area (Å²) in [5.41, 5.74) is 0.787. The van der Waals surface area contributed by atoms with Gasteiger partial charge in [0.2, 0.25) is 11.8 Å². The van der Waals surface area contributed by atoms with Crippen molar-refractivity contribution in [3.63, 3.8) is 0 Å². The first kappa shape index (κ1) is 21.1. The molecule has 1 saturated carbocycles. The Morgan fingerprint density at radius 1 is 0.967 bits per heavy atom. The van der Waals surface area contributed by atoms with E-state index in [0.717, 1.165) is 56.5 Å². The molecule has 2 heterocycles. The Kier molecular flexibility index (Phi) is 6.89. The molecule has 2 saturated heterocycles. The summed E-state index contributed by atoms with van der Waals surface area (Å²) >= 11 is 0. The van der Waals surface area contributed by atoms with Gasteiger partial charge in [-0.2, -0.15) is 0 Å². The van der Waals surface area contributed by atoms with Gasteiger partial charge in [-0.15, -0.1) is 0 Å². The number of hydrogen-bond acceptors (Lipinski definition) is 5. The Hall–Kier alpha value is -2.12. The number of carbonyl (C=O) groups excluding carboxylic acids is 2. The summed E-state index contributed by atoms with van der Waals surface area (Å²) in [5, 5.41) is 2.96. The highest BCUT2D eigenvalue weighted by molar-refractivity contribution is 5.92. The first-order valence-electron chi connectivity index (χ1n) is 11.4. The van der Waals surface area contributed by atoms with Crippen molar-refractivity contribution in [3.05, 3.63) is 24.3 Å².